The van der Waals surface area contributed by atoms with Crippen LogP contribution in [0.3, 0.4) is 0 Å². The van der Waals surface area contributed by atoms with Crippen molar-refractivity contribution in [2.75, 3.05) is 6.54 Å². The SMILES string of the molecule is CCCNC(C)C(C)c1nc(C(C)C)no1. The van der Waals surface area contributed by atoms with Gasteiger partial charge >= 0.3 is 0 Å². The van der Waals surface area contributed by atoms with Crippen LogP contribution in [0.5, 0.6) is 0 Å². The lowest BCUT2D eigenvalue weighted by molar-refractivity contribution is 0.327. The molecule has 1 aromatic heterocycles. The summed E-state index contributed by atoms with van der Waals surface area (Å²) < 4.78 is 5.29. The zero-order valence-corrected chi connectivity index (χ0v) is 10.9. The maximum Gasteiger partial charge on any atom is 0.231 e. The third-order valence-corrected chi connectivity index (χ3v) is 2.83. The lowest BCUT2D eigenvalue weighted by Crippen LogP contribution is -2.31. The molecular formula is C12H23N3O. The van der Waals surface area contributed by atoms with Gasteiger partial charge in [-0.15, -0.1) is 0 Å². The summed E-state index contributed by atoms with van der Waals surface area (Å²) in [5.41, 5.74) is 0. The predicted molar refractivity (Wildman–Crippen MR) is 64.6 cm³/mol. The zero-order valence-electron chi connectivity index (χ0n) is 10.9. The van der Waals surface area contributed by atoms with Crippen molar-refractivity contribution >= 4 is 0 Å². The van der Waals surface area contributed by atoms with Crippen molar-refractivity contribution in [3.63, 3.8) is 0 Å². The van der Waals surface area contributed by atoms with Gasteiger partial charge in [0.15, 0.2) is 5.82 Å². The Bertz CT molecular complexity index is 309. The van der Waals surface area contributed by atoms with Crippen LogP contribution in [0.15, 0.2) is 4.52 Å². The van der Waals surface area contributed by atoms with E-state index in [1.807, 2.05) is 0 Å². The van der Waals surface area contributed by atoms with Crippen molar-refractivity contribution in [3.8, 4) is 0 Å². The van der Waals surface area contributed by atoms with Crippen LogP contribution in [-0.2, 0) is 0 Å². The fraction of sp³-hybridized carbons (Fsp3) is 0.833. The van der Waals surface area contributed by atoms with Crippen LogP contribution in [0.1, 0.15) is 64.6 Å². The van der Waals surface area contributed by atoms with Crippen LogP contribution in [0.25, 0.3) is 0 Å². The molecule has 0 aliphatic heterocycles. The number of nitrogens with zero attached hydrogens (tertiary/aromatic N) is 2. The standard InChI is InChI=1S/C12H23N3O/c1-6-7-13-10(5)9(4)12-14-11(8(2)3)15-16-12/h8-10,13H,6-7H2,1-5H3. The maximum atomic E-state index is 5.29. The van der Waals surface area contributed by atoms with Crippen LogP contribution < -0.4 is 5.32 Å². The summed E-state index contributed by atoms with van der Waals surface area (Å²) in [7, 11) is 0. The third-order valence-electron chi connectivity index (χ3n) is 2.83. The van der Waals surface area contributed by atoms with Gasteiger partial charge in [-0.25, -0.2) is 0 Å². The quantitative estimate of drug-likeness (QED) is 0.808. The highest BCUT2D eigenvalue weighted by atomic mass is 16.5. The number of rotatable bonds is 6. The van der Waals surface area contributed by atoms with Crippen LogP contribution >= 0.6 is 0 Å². The minimum atomic E-state index is 0.256. The molecule has 0 saturated carbocycles. The zero-order chi connectivity index (χ0) is 12.1. The van der Waals surface area contributed by atoms with Gasteiger partial charge in [-0.2, -0.15) is 4.98 Å². The van der Waals surface area contributed by atoms with Crippen LogP contribution in [0.4, 0.5) is 0 Å². The lowest BCUT2D eigenvalue weighted by Gasteiger charge is -2.17. The minimum Gasteiger partial charge on any atom is -0.339 e. The number of hydrogen-bond acceptors (Lipinski definition) is 4. The molecule has 0 aromatic carbocycles. The molecule has 0 fully saturated rings. The Hall–Kier alpha value is -0.900. The minimum absolute atomic E-state index is 0.256. The molecule has 2 unspecified atom stereocenters. The molecule has 4 heteroatoms. The summed E-state index contributed by atoms with van der Waals surface area (Å²) in [4.78, 5) is 4.42. The molecule has 1 heterocycles. The van der Waals surface area contributed by atoms with Gasteiger partial charge in [0, 0.05) is 12.0 Å². The molecule has 16 heavy (non-hydrogen) atoms. The molecule has 0 saturated heterocycles. The summed E-state index contributed by atoms with van der Waals surface area (Å²) in [6.07, 6.45) is 1.14. The highest BCUT2D eigenvalue weighted by Gasteiger charge is 2.20. The summed E-state index contributed by atoms with van der Waals surface area (Å²) in [6.45, 7) is 11.6. The van der Waals surface area contributed by atoms with Gasteiger partial charge in [0.25, 0.3) is 0 Å². The molecule has 1 N–H and O–H groups in total. The molecule has 92 valence electrons. The van der Waals surface area contributed by atoms with Crippen molar-refractivity contribution in [2.45, 2.75) is 58.9 Å². The molecule has 2 atom stereocenters. The molecule has 1 rings (SSSR count). The molecule has 0 radical (unpaired) electrons. The molecule has 0 amide bonds. The van der Waals surface area contributed by atoms with Crippen molar-refractivity contribution in [1.29, 1.82) is 0 Å². The fourth-order valence-corrected chi connectivity index (χ4v) is 1.43. The van der Waals surface area contributed by atoms with Crippen LogP contribution in [-0.4, -0.2) is 22.7 Å². The lowest BCUT2D eigenvalue weighted by atomic mass is 10.0. The van der Waals surface area contributed by atoms with E-state index in [1.54, 1.807) is 0 Å². The molecule has 0 spiro atoms. The summed E-state index contributed by atoms with van der Waals surface area (Å²) in [5, 5.41) is 7.43. The predicted octanol–water partition coefficient (Wildman–Crippen LogP) is 2.68. The number of nitrogens with one attached hydrogen (secondary N) is 1. The third kappa shape index (κ3) is 3.30. The first-order valence-corrected chi connectivity index (χ1v) is 6.13. The second kappa shape index (κ2) is 5.99. The first-order chi connectivity index (χ1) is 7.56. The molecule has 0 aliphatic rings. The van der Waals surface area contributed by atoms with Gasteiger partial charge in [0.05, 0.1) is 5.92 Å². The second-order valence-electron chi connectivity index (χ2n) is 4.68. The van der Waals surface area contributed by atoms with Gasteiger partial charge in [-0.05, 0) is 19.9 Å². The summed E-state index contributed by atoms with van der Waals surface area (Å²) >= 11 is 0. The van der Waals surface area contributed by atoms with E-state index >= 15 is 0 Å². The Morgan fingerprint density at radius 1 is 1.25 bits per heavy atom. The Morgan fingerprint density at radius 3 is 2.44 bits per heavy atom. The van der Waals surface area contributed by atoms with Crippen molar-refractivity contribution < 1.29 is 4.52 Å². The van der Waals surface area contributed by atoms with E-state index in [2.05, 4.69) is 50.1 Å². The first kappa shape index (κ1) is 13.2. The highest BCUT2D eigenvalue weighted by molar-refractivity contribution is 4.98. The fourth-order valence-electron chi connectivity index (χ4n) is 1.43. The molecule has 0 aliphatic carbocycles. The second-order valence-corrected chi connectivity index (χ2v) is 4.68. The molecule has 0 bridgehead atoms. The monoisotopic (exact) mass is 225 g/mol. The average molecular weight is 225 g/mol. The Morgan fingerprint density at radius 2 is 1.94 bits per heavy atom. The summed E-state index contributed by atoms with van der Waals surface area (Å²) in [6, 6.07) is 0.361. The topological polar surface area (TPSA) is 51.0 Å². The van der Waals surface area contributed by atoms with E-state index in [0.717, 1.165) is 24.7 Å². The van der Waals surface area contributed by atoms with E-state index in [9.17, 15) is 0 Å². The molecule has 1 aromatic rings. The average Bonchev–Trinajstić information content (AvgIpc) is 2.74. The Labute approximate surface area is 97.8 Å². The van der Waals surface area contributed by atoms with Gasteiger partial charge in [-0.1, -0.05) is 32.9 Å². The van der Waals surface area contributed by atoms with E-state index in [-0.39, 0.29) is 5.92 Å². The van der Waals surface area contributed by atoms with Gasteiger partial charge in [0.2, 0.25) is 5.89 Å². The maximum absolute atomic E-state index is 5.29. The largest absolute Gasteiger partial charge is 0.339 e. The number of aromatic nitrogens is 2. The number of hydrogen-bond donors (Lipinski definition) is 1. The van der Waals surface area contributed by atoms with Crippen LogP contribution in [0, 0.1) is 0 Å². The van der Waals surface area contributed by atoms with Crippen molar-refractivity contribution in [3.05, 3.63) is 11.7 Å². The van der Waals surface area contributed by atoms with Gasteiger partial charge in [0.1, 0.15) is 0 Å². The molecule has 4 nitrogen and oxygen atoms in total. The highest BCUT2D eigenvalue weighted by Crippen LogP contribution is 2.19. The van der Waals surface area contributed by atoms with Crippen molar-refractivity contribution in [2.24, 2.45) is 0 Å². The van der Waals surface area contributed by atoms with E-state index in [1.165, 1.54) is 0 Å². The Balaban J connectivity index is 2.60. The normalized spacial score (nSPS) is 15.4. The van der Waals surface area contributed by atoms with E-state index < -0.39 is 0 Å². The molecular weight excluding hydrogens is 202 g/mol. The van der Waals surface area contributed by atoms with Crippen LogP contribution in [0.2, 0.25) is 0 Å². The smallest absolute Gasteiger partial charge is 0.231 e. The van der Waals surface area contributed by atoms with Gasteiger partial charge in [-0.3, -0.25) is 0 Å². The first-order valence-electron chi connectivity index (χ1n) is 6.13. The summed E-state index contributed by atoms with van der Waals surface area (Å²) in [5.74, 6) is 2.11. The Kier molecular flexibility index (Phi) is 4.93. The van der Waals surface area contributed by atoms with Gasteiger partial charge < -0.3 is 9.84 Å². The van der Waals surface area contributed by atoms with E-state index in [0.29, 0.717) is 12.0 Å². The van der Waals surface area contributed by atoms with Crippen molar-refractivity contribution in [1.82, 2.24) is 15.5 Å². The van der Waals surface area contributed by atoms with E-state index in [4.69, 9.17) is 4.52 Å².